The molecule has 1 unspecified atom stereocenters. The molecule has 0 saturated heterocycles. The number of nitrogens with zero attached hydrogens (tertiary/aromatic N) is 2. The maximum Gasteiger partial charge on any atom is 0.249 e. The molecule has 0 heterocycles. The molecule has 25 heavy (non-hydrogen) atoms. The number of halogens is 1. The van der Waals surface area contributed by atoms with E-state index in [1.165, 1.54) is 18.2 Å². The summed E-state index contributed by atoms with van der Waals surface area (Å²) in [4.78, 5) is 39.7. The van der Waals surface area contributed by atoms with Crippen LogP contribution >= 0.6 is 0 Å². The van der Waals surface area contributed by atoms with Crippen molar-refractivity contribution in [1.82, 2.24) is 9.80 Å². The molecule has 136 valence electrons. The molecule has 1 saturated carbocycles. The Hall–Kier alpha value is -2.08. The molecular weight excluding hydrogens is 323 g/mol. The van der Waals surface area contributed by atoms with Gasteiger partial charge in [0.05, 0.1) is 6.54 Å². The van der Waals surface area contributed by atoms with Crippen LogP contribution in [-0.2, 0) is 9.59 Å². The molecule has 0 spiro atoms. The topological polar surface area (TPSA) is 57.7 Å². The fourth-order valence-corrected chi connectivity index (χ4v) is 3.57. The molecule has 0 bridgehead atoms. The maximum absolute atomic E-state index is 13.3. The maximum atomic E-state index is 13.3. The van der Waals surface area contributed by atoms with Gasteiger partial charge in [-0.2, -0.15) is 0 Å². The number of benzene rings is 1. The van der Waals surface area contributed by atoms with Gasteiger partial charge in [-0.05, 0) is 51.9 Å². The minimum Gasteiger partial charge on any atom is -0.296 e. The lowest BCUT2D eigenvalue weighted by molar-refractivity contribution is -0.149. The molecule has 1 fully saturated rings. The Labute approximate surface area is 147 Å². The van der Waals surface area contributed by atoms with E-state index in [1.54, 1.807) is 0 Å². The van der Waals surface area contributed by atoms with Crippen LogP contribution in [0.4, 0.5) is 4.39 Å². The van der Waals surface area contributed by atoms with Gasteiger partial charge in [0.2, 0.25) is 12.3 Å². The van der Waals surface area contributed by atoms with Crippen LogP contribution < -0.4 is 0 Å². The Bertz CT molecular complexity index is 656. The number of ketones is 1. The summed E-state index contributed by atoms with van der Waals surface area (Å²) < 4.78 is 13.3. The van der Waals surface area contributed by atoms with E-state index in [9.17, 15) is 18.8 Å². The van der Waals surface area contributed by atoms with E-state index < -0.39 is 17.1 Å². The van der Waals surface area contributed by atoms with E-state index in [2.05, 4.69) is 0 Å². The van der Waals surface area contributed by atoms with Crippen LogP contribution in [0.2, 0.25) is 0 Å². The first-order valence-corrected chi connectivity index (χ1v) is 8.53. The van der Waals surface area contributed by atoms with Crippen LogP contribution in [0.25, 0.3) is 0 Å². The first kappa shape index (κ1) is 19.2. The largest absolute Gasteiger partial charge is 0.296 e. The summed E-state index contributed by atoms with van der Waals surface area (Å²) in [5.41, 5.74) is -0.702. The molecule has 5 nitrogen and oxygen atoms in total. The fraction of sp³-hybridized carbons (Fsp3) is 0.526. The first-order chi connectivity index (χ1) is 11.8. The van der Waals surface area contributed by atoms with Gasteiger partial charge in [-0.1, -0.05) is 25.0 Å². The van der Waals surface area contributed by atoms with Crippen LogP contribution in [0.3, 0.4) is 0 Å². The molecule has 0 N–H and O–H groups in total. The quantitative estimate of drug-likeness (QED) is 0.561. The summed E-state index contributed by atoms with van der Waals surface area (Å²) in [5, 5.41) is 0. The Morgan fingerprint density at radius 3 is 2.44 bits per heavy atom. The van der Waals surface area contributed by atoms with Gasteiger partial charge >= 0.3 is 0 Å². The second-order valence-corrected chi connectivity index (χ2v) is 7.00. The molecular formula is C19H25FN2O3. The fourth-order valence-electron chi connectivity index (χ4n) is 3.57. The van der Waals surface area contributed by atoms with Crippen LogP contribution in [0.1, 0.15) is 43.0 Å². The van der Waals surface area contributed by atoms with Crippen molar-refractivity contribution in [2.45, 2.75) is 38.1 Å². The van der Waals surface area contributed by atoms with Gasteiger partial charge in [0, 0.05) is 5.56 Å². The van der Waals surface area contributed by atoms with Gasteiger partial charge in [-0.15, -0.1) is 0 Å². The van der Waals surface area contributed by atoms with Crippen molar-refractivity contribution in [3.63, 3.8) is 0 Å². The van der Waals surface area contributed by atoms with Crippen molar-refractivity contribution < 1.29 is 18.8 Å². The highest BCUT2D eigenvalue weighted by atomic mass is 19.1. The van der Waals surface area contributed by atoms with Crippen molar-refractivity contribution in [3.05, 3.63) is 35.6 Å². The van der Waals surface area contributed by atoms with Gasteiger partial charge < -0.3 is 0 Å². The lowest BCUT2D eigenvalue weighted by Crippen LogP contribution is -2.59. The molecule has 1 aromatic rings. The van der Waals surface area contributed by atoms with Crippen LogP contribution in [-0.4, -0.2) is 54.1 Å². The summed E-state index contributed by atoms with van der Waals surface area (Å²) in [6.07, 6.45) is 4.36. The molecule has 1 aromatic carbocycles. The number of carbonyl (C=O) groups is 3. The van der Waals surface area contributed by atoms with E-state index in [0.717, 1.165) is 36.6 Å². The third-order valence-electron chi connectivity index (χ3n) is 5.36. The molecule has 1 aliphatic rings. The highest BCUT2D eigenvalue weighted by Crippen LogP contribution is 2.37. The van der Waals surface area contributed by atoms with Gasteiger partial charge in [0.25, 0.3) is 0 Å². The summed E-state index contributed by atoms with van der Waals surface area (Å²) in [6.45, 7) is 1.44. The highest BCUT2D eigenvalue weighted by Gasteiger charge is 2.46. The second-order valence-electron chi connectivity index (χ2n) is 7.00. The van der Waals surface area contributed by atoms with Crippen LogP contribution in [0.5, 0.6) is 0 Å². The highest BCUT2D eigenvalue weighted by molar-refractivity contribution is 6.03. The van der Waals surface area contributed by atoms with Crippen molar-refractivity contribution in [2.75, 3.05) is 20.6 Å². The average molecular weight is 348 g/mol. The number of rotatable bonds is 7. The predicted molar refractivity (Wildman–Crippen MR) is 92.6 cm³/mol. The van der Waals surface area contributed by atoms with Crippen molar-refractivity contribution in [2.24, 2.45) is 5.92 Å². The summed E-state index contributed by atoms with van der Waals surface area (Å²) in [6, 6.07) is 5.25. The van der Waals surface area contributed by atoms with E-state index in [4.69, 9.17) is 0 Å². The Kier molecular flexibility index (Phi) is 6.06. The number of Topliss-reactive ketones (excluding diaryl/α,β-unsaturated/α-hetero) is 1. The zero-order valence-electron chi connectivity index (χ0n) is 15.0. The molecule has 1 atom stereocenters. The van der Waals surface area contributed by atoms with Gasteiger partial charge in [-0.3, -0.25) is 24.2 Å². The first-order valence-electron chi connectivity index (χ1n) is 8.53. The summed E-state index contributed by atoms with van der Waals surface area (Å²) in [5.74, 6) is -1.24. The predicted octanol–water partition coefficient (Wildman–Crippen LogP) is 2.50. The van der Waals surface area contributed by atoms with Crippen molar-refractivity contribution >= 4 is 18.1 Å². The molecule has 6 heteroatoms. The standard InChI is InChI=1S/C19H25FN2O3/c1-19(21(2)3,15-8-4-5-9-15)18(25)22(13-23)12-17(24)14-7-6-10-16(20)11-14/h6-7,10-11,13,15H,4-5,8-9,12H2,1-3H3. The zero-order valence-corrected chi connectivity index (χ0v) is 15.0. The third kappa shape index (κ3) is 3.95. The molecule has 0 radical (unpaired) electrons. The minimum absolute atomic E-state index is 0.140. The number of hydrogen-bond donors (Lipinski definition) is 0. The second kappa shape index (κ2) is 7.87. The van der Waals surface area contributed by atoms with Crippen LogP contribution in [0.15, 0.2) is 24.3 Å². The summed E-state index contributed by atoms with van der Waals surface area (Å²) in [7, 11) is 3.63. The monoisotopic (exact) mass is 348 g/mol. The van der Waals surface area contributed by atoms with Gasteiger partial charge in [-0.25, -0.2) is 4.39 Å². The lowest BCUT2D eigenvalue weighted by Gasteiger charge is -2.41. The molecule has 2 rings (SSSR count). The Morgan fingerprint density at radius 2 is 1.92 bits per heavy atom. The number of likely N-dealkylation sites (N-methyl/N-ethyl adjacent to an activating group) is 1. The number of imide groups is 1. The van der Waals surface area contributed by atoms with E-state index in [1.807, 2.05) is 25.9 Å². The SMILES string of the molecule is CN(C)C(C)(C(=O)N(C=O)CC(=O)c1cccc(F)c1)C1CCCC1. The number of amides is 2. The van der Waals surface area contributed by atoms with E-state index in [0.29, 0.717) is 6.41 Å². The minimum atomic E-state index is -0.848. The van der Waals surface area contributed by atoms with Gasteiger partial charge in [0.15, 0.2) is 5.78 Å². The normalized spacial score (nSPS) is 17.3. The van der Waals surface area contributed by atoms with Crippen molar-refractivity contribution in [3.8, 4) is 0 Å². The average Bonchev–Trinajstić information content (AvgIpc) is 3.12. The lowest BCUT2D eigenvalue weighted by atomic mass is 9.81. The Morgan fingerprint density at radius 1 is 1.28 bits per heavy atom. The Balaban J connectivity index is 2.21. The van der Waals surface area contributed by atoms with E-state index >= 15 is 0 Å². The summed E-state index contributed by atoms with van der Waals surface area (Å²) >= 11 is 0. The molecule has 1 aliphatic carbocycles. The molecule has 0 aromatic heterocycles. The molecule has 2 amide bonds. The molecule has 0 aliphatic heterocycles. The smallest absolute Gasteiger partial charge is 0.249 e. The van der Waals surface area contributed by atoms with Crippen molar-refractivity contribution in [1.29, 1.82) is 0 Å². The van der Waals surface area contributed by atoms with Gasteiger partial charge in [0.1, 0.15) is 11.4 Å². The number of hydrogen-bond acceptors (Lipinski definition) is 4. The van der Waals surface area contributed by atoms with E-state index in [-0.39, 0.29) is 23.9 Å². The zero-order chi connectivity index (χ0) is 18.6. The number of carbonyl (C=O) groups excluding carboxylic acids is 3. The third-order valence-corrected chi connectivity index (χ3v) is 5.36. The van der Waals surface area contributed by atoms with Crippen LogP contribution in [0, 0.1) is 11.7 Å².